The standard InChI is InChI=1S/C18H25N4O5S/c1-12(18(19)25)6-9-17(24)22(14-8-7-13(2)21-11-15(14)23)28(26,27)16-5-3-4-10-20-16/h3-5,9-10,12-14,21H,6-8,11H2,1-2H3,(H2,19,25)/t12-,13-,14+/m0/s1. The normalized spacial score (nSPS) is 21.6. The van der Waals surface area contributed by atoms with Crippen LogP contribution >= 0.6 is 0 Å². The number of rotatable bonds is 7. The van der Waals surface area contributed by atoms with Gasteiger partial charge in [0.15, 0.2) is 10.8 Å². The van der Waals surface area contributed by atoms with E-state index in [2.05, 4.69) is 10.3 Å². The van der Waals surface area contributed by atoms with E-state index in [0.717, 1.165) is 6.42 Å². The largest absolute Gasteiger partial charge is 0.369 e. The molecule has 1 saturated heterocycles. The Labute approximate surface area is 164 Å². The zero-order valence-electron chi connectivity index (χ0n) is 15.9. The number of carbonyl (C=O) groups is 3. The van der Waals surface area contributed by atoms with Crippen LogP contribution in [0.25, 0.3) is 0 Å². The average Bonchev–Trinajstić information content (AvgIpc) is 2.82. The van der Waals surface area contributed by atoms with Gasteiger partial charge in [0.05, 0.1) is 13.0 Å². The number of amides is 2. The smallest absolute Gasteiger partial charge is 0.284 e. The van der Waals surface area contributed by atoms with E-state index < -0.39 is 39.6 Å². The predicted octanol–water partition coefficient (Wildman–Crippen LogP) is 0.0243. The summed E-state index contributed by atoms with van der Waals surface area (Å²) in [5.41, 5.74) is 5.20. The van der Waals surface area contributed by atoms with Crippen LogP contribution in [-0.4, -0.2) is 53.9 Å². The number of primary amides is 1. The van der Waals surface area contributed by atoms with Crippen LogP contribution in [-0.2, 0) is 24.4 Å². The van der Waals surface area contributed by atoms with Crippen LogP contribution in [0.1, 0.15) is 33.1 Å². The van der Waals surface area contributed by atoms with Crippen molar-refractivity contribution < 1.29 is 22.8 Å². The molecule has 0 aromatic carbocycles. The molecule has 2 rings (SSSR count). The first-order chi connectivity index (χ1) is 13.1. The van der Waals surface area contributed by atoms with E-state index in [9.17, 15) is 22.8 Å². The summed E-state index contributed by atoms with van der Waals surface area (Å²) in [7, 11) is -4.36. The number of aromatic nitrogens is 1. The summed E-state index contributed by atoms with van der Waals surface area (Å²) in [5.74, 6) is -2.51. The van der Waals surface area contributed by atoms with Gasteiger partial charge >= 0.3 is 0 Å². The van der Waals surface area contributed by atoms with Crippen molar-refractivity contribution in [1.82, 2.24) is 14.6 Å². The quantitative estimate of drug-likeness (QED) is 0.647. The van der Waals surface area contributed by atoms with E-state index in [1.807, 2.05) is 6.92 Å². The minimum atomic E-state index is -4.36. The minimum absolute atomic E-state index is 0.0160. The third-order valence-electron chi connectivity index (χ3n) is 4.66. The van der Waals surface area contributed by atoms with Gasteiger partial charge in [-0.2, -0.15) is 8.42 Å². The lowest BCUT2D eigenvalue weighted by molar-refractivity contribution is -0.131. The zero-order valence-corrected chi connectivity index (χ0v) is 16.7. The number of nitrogens with two attached hydrogens (primary N) is 1. The second-order valence-electron chi connectivity index (χ2n) is 6.89. The van der Waals surface area contributed by atoms with Crippen molar-refractivity contribution in [2.75, 3.05) is 6.54 Å². The fourth-order valence-electron chi connectivity index (χ4n) is 2.84. The molecule has 0 saturated carbocycles. The molecule has 28 heavy (non-hydrogen) atoms. The molecule has 2 heterocycles. The fourth-order valence-corrected chi connectivity index (χ4v) is 4.35. The lowest BCUT2D eigenvalue weighted by Crippen LogP contribution is -2.50. The Morgan fingerprint density at radius 3 is 2.71 bits per heavy atom. The van der Waals surface area contributed by atoms with E-state index in [4.69, 9.17) is 5.73 Å². The highest BCUT2D eigenvalue weighted by Gasteiger charge is 2.40. The van der Waals surface area contributed by atoms with E-state index in [0.29, 0.717) is 10.7 Å². The number of nitrogens with zero attached hydrogens (tertiary/aromatic N) is 2. The first kappa shape index (κ1) is 22.0. The molecule has 9 nitrogen and oxygen atoms in total. The highest BCUT2D eigenvalue weighted by atomic mass is 32.2. The van der Waals surface area contributed by atoms with Gasteiger partial charge in [0, 0.05) is 18.2 Å². The van der Waals surface area contributed by atoms with Crippen LogP contribution in [0.2, 0.25) is 0 Å². The van der Waals surface area contributed by atoms with Crippen LogP contribution in [0.4, 0.5) is 0 Å². The molecular weight excluding hydrogens is 384 g/mol. The third kappa shape index (κ3) is 5.14. The van der Waals surface area contributed by atoms with Gasteiger partial charge < -0.3 is 11.1 Å². The molecule has 0 unspecified atom stereocenters. The van der Waals surface area contributed by atoms with Gasteiger partial charge in [0.1, 0.15) is 6.04 Å². The predicted molar refractivity (Wildman–Crippen MR) is 101 cm³/mol. The van der Waals surface area contributed by atoms with Crippen LogP contribution in [0.3, 0.4) is 0 Å². The number of pyridine rings is 1. The molecule has 2 amide bonds. The van der Waals surface area contributed by atoms with Gasteiger partial charge in [0.2, 0.25) is 11.8 Å². The van der Waals surface area contributed by atoms with Gasteiger partial charge in [-0.25, -0.2) is 9.29 Å². The molecule has 0 aliphatic carbocycles. The summed E-state index contributed by atoms with van der Waals surface area (Å²) in [6, 6.07) is 3.18. The Kier molecular flexibility index (Phi) is 7.25. The Morgan fingerprint density at radius 2 is 2.11 bits per heavy atom. The Bertz CT molecular complexity index is 828. The summed E-state index contributed by atoms with van der Waals surface area (Å²) >= 11 is 0. The van der Waals surface area contributed by atoms with Crippen molar-refractivity contribution in [2.24, 2.45) is 11.7 Å². The summed E-state index contributed by atoms with van der Waals surface area (Å²) in [5, 5.41) is 2.68. The first-order valence-electron chi connectivity index (χ1n) is 9.02. The van der Waals surface area contributed by atoms with Crippen molar-refractivity contribution in [3.63, 3.8) is 0 Å². The van der Waals surface area contributed by atoms with Gasteiger partial charge in [-0.15, -0.1) is 0 Å². The monoisotopic (exact) mass is 409 g/mol. The Balaban J connectivity index is 2.39. The van der Waals surface area contributed by atoms with Crippen LogP contribution in [0.5, 0.6) is 0 Å². The van der Waals surface area contributed by atoms with Crippen molar-refractivity contribution >= 4 is 27.6 Å². The second kappa shape index (κ2) is 9.24. The summed E-state index contributed by atoms with van der Waals surface area (Å²) in [4.78, 5) is 40.5. The molecule has 1 aromatic rings. The van der Waals surface area contributed by atoms with Gasteiger partial charge in [-0.3, -0.25) is 14.4 Å². The Hall–Kier alpha value is -2.33. The highest BCUT2D eigenvalue weighted by Crippen LogP contribution is 2.23. The maximum atomic E-state index is 13.1. The van der Waals surface area contributed by atoms with Gasteiger partial charge in [-0.1, -0.05) is 13.0 Å². The molecule has 3 atom stereocenters. The lowest BCUT2D eigenvalue weighted by Gasteiger charge is -2.29. The number of hydrogen-bond acceptors (Lipinski definition) is 7. The highest BCUT2D eigenvalue weighted by molar-refractivity contribution is 7.89. The molecule has 1 aliphatic rings. The van der Waals surface area contributed by atoms with Crippen LogP contribution in [0.15, 0.2) is 29.4 Å². The molecule has 1 aromatic heterocycles. The summed E-state index contributed by atoms with van der Waals surface area (Å²) < 4.78 is 26.9. The molecule has 1 fully saturated rings. The minimum Gasteiger partial charge on any atom is -0.369 e. The number of sulfonamides is 1. The third-order valence-corrected chi connectivity index (χ3v) is 6.38. The van der Waals surface area contributed by atoms with E-state index in [1.54, 1.807) is 6.07 Å². The zero-order chi connectivity index (χ0) is 20.9. The molecule has 3 N–H and O–H groups in total. The number of nitrogens with one attached hydrogen (secondary N) is 1. The Morgan fingerprint density at radius 1 is 1.39 bits per heavy atom. The molecule has 0 bridgehead atoms. The number of carbonyl (C=O) groups excluding carboxylic acids is 3. The maximum absolute atomic E-state index is 13.1. The average molecular weight is 409 g/mol. The van der Waals surface area contributed by atoms with E-state index in [-0.39, 0.29) is 30.5 Å². The van der Waals surface area contributed by atoms with Gasteiger partial charge in [-0.05, 0) is 38.3 Å². The molecule has 1 radical (unpaired) electrons. The molecular formula is C18H25N4O5S. The van der Waals surface area contributed by atoms with E-state index >= 15 is 0 Å². The summed E-state index contributed by atoms with van der Waals surface area (Å²) in [6.07, 6.45) is 3.08. The lowest BCUT2D eigenvalue weighted by atomic mass is 10.0. The molecule has 0 spiro atoms. The molecule has 10 heteroatoms. The summed E-state index contributed by atoms with van der Waals surface area (Å²) in [6.45, 7) is 3.38. The maximum Gasteiger partial charge on any atom is 0.284 e. The number of ketones is 1. The fraction of sp³-hybridized carbons (Fsp3) is 0.500. The number of hydrogen-bond donors (Lipinski definition) is 2. The SMILES string of the molecule is C[C@H]1CC[C@@H](N(C(=O)[CH]C[C@H](C)C(N)=O)S(=O)(=O)c2ccccn2)C(=O)CN1. The van der Waals surface area contributed by atoms with Gasteiger partial charge in [0.25, 0.3) is 10.0 Å². The van der Waals surface area contributed by atoms with Crippen molar-refractivity contribution in [3.8, 4) is 0 Å². The van der Waals surface area contributed by atoms with E-state index in [1.165, 1.54) is 25.3 Å². The van der Waals surface area contributed by atoms with Crippen molar-refractivity contribution in [1.29, 1.82) is 0 Å². The second-order valence-corrected chi connectivity index (χ2v) is 8.65. The number of Topliss-reactive ketones (excluding diaryl/α,β-unsaturated/α-hetero) is 1. The van der Waals surface area contributed by atoms with Crippen molar-refractivity contribution in [2.45, 2.75) is 50.2 Å². The topological polar surface area (TPSA) is 140 Å². The van der Waals surface area contributed by atoms with Crippen LogP contribution in [0, 0.1) is 12.3 Å². The molecule has 1 aliphatic heterocycles. The van der Waals surface area contributed by atoms with Crippen LogP contribution < -0.4 is 11.1 Å². The first-order valence-corrected chi connectivity index (χ1v) is 10.5. The van der Waals surface area contributed by atoms with Crippen molar-refractivity contribution in [3.05, 3.63) is 30.8 Å². The molecule has 153 valence electrons.